The molecule has 0 aliphatic carbocycles. The van der Waals surface area contributed by atoms with Gasteiger partial charge in [0, 0.05) is 12.2 Å². The van der Waals surface area contributed by atoms with Gasteiger partial charge in [-0.05, 0) is 43.5 Å². The topological polar surface area (TPSA) is 39.1 Å². The van der Waals surface area contributed by atoms with E-state index in [0.717, 1.165) is 18.5 Å². The second-order valence-corrected chi connectivity index (χ2v) is 4.27. The number of hydrogen-bond acceptors (Lipinski definition) is 2. The predicted octanol–water partition coefficient (Wildman–Crippen LogP) is 2.64. The van der Waals surface area contributed by atoms with Gasteiger partial charge in [-0.3, -0.25) is 9.59 Å². The molecule has 1 rings (SSSR count). The second-order valence-electron chi connectivity index (χ2n) is 3.93. The average molecular weight is 242 g/mol. The van der Waals surface area contributed by atoms with Crippen molar-refractivity contribution in [3.05, 3.63) is 33.2 Å². The summed E-state index contributed by atoms with van der Waals surface area (Å²) in [6.45, 7) is 6.29. The number of hydrogen-bond donors (Lipinski definition) is 0. The summed E-state index contributed by atoms with van der Waals surface area (Å²) in [5.74, 6) is 0. The van der Waals surface area contributed by atoms with Crippen molar-refractivity contribution in [3.63, 3.8) is 0 Å². The van der Waals surface area contributed by atoms with Crippen LogP contribution in [0.5, 0.6) is 0 Å². The Hall–Kier alpha value is -1.09. The number of aryl methyl sites for hydroxylation is 2. The zero-order valence-electron chi connectivity index (χ0n) is 9.84. The molecule has 1 aromatic heterocycles. The average Bonchev–Trinajstić information content (AvgIpc) is 2.16. The van der Waals surface area contributed by atoms with Gasteiger partial charge in [-0.2, -0.15) is 0 Å². The largest absolute Gasteiger partial charge is 0.312 e. The van der Waals surface area contributed by atoms with Crippen LogP contribution < -0.4 is 5.56 Å². The molecule has 0 saturated heterocycles. The van der Waals surface area contributed by atoms with E-state index >= 15 is 0 Å². The molecule has 0 radical (unpaired) electrons. The van der Waals surface area contributed by atoms with Crippen LogP contribution in [0.4, 0.5) is 0 Å². The highest BCUT2D eigenvalue weighted by Gasteiger charge is 2.15. The van der Waals surface area contributed by atoms with E-state index in [0.29, 0.717) is 12.1 Å². The summed E-state index contributed by atoms with van der Waals surface area (Å²) >= 11 is 5.42. The molecule has 88 valence electrons. The third kappa shape index (κ3) is 2.53. The molecule has 3 nitrogen and oxygen atoms in total. The van der Waals surface area contributed by atoms with Crippen LogP contribution in [-0.4, -0.2) is 9.81 Å². The molecule has 0 bridgehead atoms. The summed E-state index contributed by atoms with van der Waals surface area (Å²) in [5, 5.41) is -0.673. The van der Waals surface area contributed by atoms with Crippen molar-refractivity contribution >= 4 is 16.8 Å². The van der Waals surface area contributed by atoms with Crippen molar-refractivity contribution < 1.29 is 4.79 Å². The fourth-order valence-corrected chi connectivity index (χ4v) is 1.99. The molecule has 1 heterocycles. The number of carbonyl (C=O) groups is 1. The molecule has 0 unspecified atom stereocenters. The van der Waals surface area contributed by atoms with Gasteiger partial charge in [0.2, 0.25) is 0 Å². The monoisotopic (exact) mass is 241 g/mol. The summed E-state index contributed by atoms with van der Waals surface area (Å²) < 4.78 is 1.62. The minimum Gasteiger partial charge on any atom is -0.312 e. The zero-order chi connectivity index (χ0) is 12.3. The quantitative estimate of drug-likeness (QED) is 0.761. The third-order valence-corrected chi connectivity index (χ3v) is 2.83. The molecule has 0 atom stereocenters. The molecular formula is C12H16ClNO2. The molecule has 0 N–H and O–H groups in total. The molecule has 0 spiro atoms. The van der Waals surface area contributed by atoms with Crippen molar-refractivity contribution in [1.82, 2.24) is 4.57 Å². The molecule has 0 aromatic carbocycles. The van der Waals surface area contributed by atoms with Crippen LogP contribution >= 0.6 is 11.6 Å². The summed E-state index contributed by atoms with van der Waals surface area (Å²) in [6, 6.07) is 1.83. The van der Waals surface area contributed by atoms with Crippen LogP contribution in [0.1, 0.15) is 41.4 Å². The SMILES string of the molecule is CCCCn1c(C)cc(C)c(C(=O)Cl)c1=O. The van der Waals surface area contributed by atoms with Gasteiger partial charge in [0.05, 0.1) is 0 Å². The highest BCUT2D eigenvalue weighted by Crippen LogP contribution is 2.09. The summed E-state index contributed by atoms with van der Waals surface area (Å²) in [7, 11) is 0. The highest BCUT2D eigenvalue weighted by atomic mass is 35.5. The second kappa shape index (κ2) is 5.30. The number of halogens is 1. The van der Waals surface area contributed by atoms with E-state index in [1.165, 1.54) is 0 Å². The van der Waals surface area contributed by atoms with Gasteiger partial charge in [0.15, 0.2) is 0 Å². The number of rotatable bonds is 4. The minimum atomic E-state index is -0.673. The smallest absolute Gasteiger partial charge is 0.263 e. The maximum Gasteiger partial charge on any atom is 0.263 e. The van der Waals surface area contributed by atoms with Gasteiger partial charge in [0.25, 0.3) is 10.8 Å². The first kappa shape index (κ1) is 13.0. The summed E-state index contributed by atoms with van der Waals surface area (Å²) in [4.78, 5) is 23.2. The van der Waals surface area contributed by atoms with Gasteiger partial charge in [-0.1, -0.05) is 13.3 Å². The maximum absolute atomic E-state index is 12.0. The fraction of sp³-hybridized carbons (Fsp3) is 0.500. The Balaban J connectivity index is 3.34. The first-order chi connectivity index (χ1) is 7.49. The van der Waals surface area contributed by atoms with Gasteiger partial charge in [0.1, 0.15) is 5.56 Å². The Kier molecular flexibility index (Phi) is 4.30. The molecule has 0 fully saturated rings. The van der Waals surface area contributed by atoms with Crippen LogP contribution in [-0.2, 0) is 6.54 Å². The zero-order valence-corrected chi connectivity index (χ0v) is 10.6. The number of aromatic nitrogens is 1. The van der Waals surface area contributed by atoms with E-state index in [2.05, 4.69) is 6.92 Å². The van der Waals surface area contributed by atoms with Crippen LogP contribution in [0.3, 0.4) is 0 Å². The lowest BCUT2D eigenvalue weighted by molar-refractivity contribution is 0.107. The standard InChI is InChI=1S/C12H16ClNO2/c1-4-5-6-14-9(3)7-8(2)10(11(13)15)12(14)16/h7H,4-6H2,1-3H3. The number of unbranched alkanes of at least 4 members (excludes halogenated alkanes) is 1. The molecule has 0 aliphatic heterocycles. The van der Waals surface area contributed by atoms with Crippen molar-refractivity contribution in [2.75, 3.05) is 0 Å². The van der Waals surface area contributed by atoms with Gasteiger partial charge in [-0.25, -0.2) is 0 Å². The molecule has 1 aromatic rings. The molecule has 0 aliphatic rings. The molecular weight excluding hydrogens is 226 g/mol. The Labute approximate surface area is 100 Å². The Bertz CT molecular complexity index is 463. The van der Waals surface area contributed by atoms with Crippen LogP contribution in [0.2, 0.25) is 0 Å². The van der Waals surface area contributed by atoms with Crippen molar-refractivity contribution in [2.45, 2.75) is 40.2 Å². The molecule has 4 heteroatoms. The van der Waals surface area contributed by atoms with E-state index in [9.17, 15) is 9.59 Å². The van der Waals surface area contributed by atoms with Gasteiger partial charge in [-0.15, -0.1) is 0 Å². The van der Waals surface area contributed by atoms with Crippen molar-refractivity contribution in [3.8, 4) is 0 Å². The van der Waals surface area contributed by atoms with Crippen molar-refractivity contribution in [2.24, 2.45) is 0 Å². The van der Waals surface area contributed by atoms with E-state index in [4.69, 9.17) is 11.6 Å². The molecule has 0 amide bonds. The van der Waals surface area contributed by atoms with E-state index < -0.39 is 5.24 Å². The molecule has 0 saturated carbocycles. The van der Waals surface area contributed by atoms with Gasteiger partial charge >= 0.3 is 0 Å². The van der Waals surface area contributed by atoms with Crippen LogP contribution in [0.25, 0.3) is 0 Å². The fourth-order valence-electron chi connectivity index (χ4n) is 1.76. The first-order valence-corrected chi connectivity index (χ1v) is 5.77. The van der Waals surface area contributed by atoms with Crippen molar-refractivity contribution in [1.29, 1.82) is 0 Å². The lowest BCUT2D eigenvalue weighted by Crippen LogP contribution is -2.28. The third-order valence-electron chi connectivity index (χ3n) is 2.64. The summed E-state index contributed by atoms with van der Waals surface area (Å²) in [5.41, 5.74) is 1.35. The maximum atomic E-state index is 12.0. The normalized spacial score (nSPS) is 10.5. The van der Waals surface area contributed by atoms with E-state index in [1.807, 2.05) is 13.0 Å². The lowest BCUT2D eigenvalue weighted by atomic mass is 10.1. The van der Waals surface area contributed by atoms with Gasteiger partial charge < -0.3 is 4.57 Å². The Morgan fingerprint density at radius 3 is 2.56 bits per heavy atom. The van der Waals surface area contributed by atoms with Crippen LogP contribution in [0, 0.1) is 13.8 Å². The summed E-state index contributed by atoms with van der Waals surface area (Å²) in [6.07, 6.45) is 1.92. The lowest BCUT2D eigenvalue weighted by Gasteiger charge is -2.12. The van der Waals surface area contributed by atoms with Crippen LogP contribution in [0.15, 0.2) is 10.9 Å². The Morgan fingerprint density at radius 2 is 2.06 bits per heavy atom. The number of carbonyl (C=O) groups excluding carboxylic acids is 1. The first-order valence-electron chi connectivity index (χ1n) is 5.40. The minimum absolute atomic E-state index is 0.100. The predicted molar refractivity (Wildman–Crippen MR) is 65.3 cm³/mol. The van der Waals surface area contributed by atoms with E-state index in [1.54, 1.807) is 11.5 Å². The number of nitrogens with zero attached hydrogens (tertiary/aromatic N) is 1. The molecule has 16 heavy (non-hydrogen) atoms. The van der Waals surface area contributed by atoms with E-state index in [-0.39, 0.29) is 11.1 Å². The Morgan fingerprint density at radius 1 is 1.44 bits per heavy atom. The number of pyridine rings is 1. The highest BCUT2D eigenvalue weighted by molar-refractivity contribution is 6.67.